The lowest BCUT2D eigenvalue weighted by atomic mass is 9.79. The van der Waals surface area contributed by atoms with Crippen LogP contribution < -0.4 is 25.4 Å². The zero-order valence-electron chi connectivity index (χ0n) is 44.5. The Morgan fingerprint density at radius 1 is 0.697 bits per heavy atom. The van der Waals surface area contributed by atoms with E-state index in [-0.39, 0.29) is 34.1 Å². The van der Waals surface area contributed by atoms with Gasteiger partial charge in [-0.2, -0.15) is 0 Å². The highest BCUT2D eigenvalue weighted by molar-refractivity contribution is 7.89. The number of aromatic nitrogens is 1. The number of aryl methyl sites for hydroxylation is 2. The van der Waals surface area contributed by atoms with Crippen LogP contribution in [-0.4, -0.2) is 86.7 Å². The van der Waals surface area contributed by atoms with E-state index in [1.54, 1.807) is 48.8 Å². The first-order valence-corrected chi connectivity index (χ1v) is 29.7. The molecule has 4 heterocycles. The van der Waals surface area contributed by atoms with Gasteiger partial charge in [0.2, 0.25) is 20.0 Å². The molecule has 400 valence electrons. The number of carbonyl (C=O) groups excluding carboxylic acids is 2. The Bertz CT molecular complexity index is 3290. The molecule has 0 saturated carbocycles. The number of rotatable bonds is 19. The molecule has 14 nitrogen and oxygen atoms in total. The summed E-state index contributed by atoms with van der Waals surface area (Å²) in [7, 11) is -8.19. The number of sulfonamides is 2. The van der Waals surface area contributed by atoms with Crippen LogP contribution in [0.3, 0.4) is 0 Å². The minimum absolute atomic E-state index is 0.0314. The van der Waals surface area contributed by atoms with Crippen molar-refractivity contribution in [2.75, 3.05) is 36.8 Å². The summed E-state index contributed by atoms with van der Waals surface area (Å²) >= 11 is 0. The summed E-state index contributed by atoms with van der Waals surface area (Å²) in [6.45, 7) is 15.5. The first kappa shape index (κ1) is 54.4. The van der Waals surface area contributed by atoms with E-state index in [0.29, 0.717) is 66.7 Å². The Kier molecular flexibility index (Phi) is 16.2. The zero-order chi connectivity index (χ0) is 53.8. The lowest BCUT2D eigenvalue weighted by Gasteiger charge is -2.42. The number of likely N-dealkylation sites (N-methyl/N-ethyl adjacent to an activating group) is 1. The number of benzene rings is 5. The highest BCUT2D eigenvalue weighted by Gasteiger charge is 2.40. The summed E-state index contributed by atoms with van der Waals surface area (Å²) < 4.78 is 64.1. The lowest BCUT2D eigenvalue weighted by molar-refractivity contribution is 0.0693. The average molecular weight is 1070 g/mol. The Hall–Kier alpha value is -6.43. The van der Waals surface area contributed by atoms with Crippen LogP contribution in [0.2, 0.25) is 0 Å². The van der Waals surface area contributed by atoms with Crippen LogP contribution in [0.15, 0.2) is 144 Å². The molecule has 1 saturated heterocycles. The minimum Gasteiger partial charge on any atom is -0.380 e. The third-order valence-corrected chi connectivity index (χ3v) is 18.2. The van der Waals surface area contributed by atoms with Crippen molar-refractivity contribution < 1.29 is 26.4 Å². The Labute approximate surface area is 449 Å². The van der Waals surface area contributed by atoms with Crippen molar-refractivity contribution in [3.05, 3.63) is 184 Å². The van der Waals surface area contributed by atoms with Gasteiger partial charge in [0.05, 0.1) is 21.9 Å². The number of fused-ring (bicyclic) bond motifs is 2. The van der Waals surface area contributed by atoms with E-state index >= 15 is 0 Å². The quantitative estimate of drug-likeness (QED) is 0.0524. The predicted octanol–water partition coefficient (Wildman–Crippen LogP) is 9.37. The third kappa shape index (κ3) is 12.5. The van der Waals surface area contributed by atoms with Gasteiger partial charge in [0, 0.05) is 84.7 Å². The molecule has 0 spiro atoms. The standard InChI is InChI=1S/C60H72N8O6S2/c1-7-41-17-22-49(23-18-41)75(71,72)66-56-37-60(6,64-54-26-21-46(34-52(54)56)58(70)68(9-3)48-28-31-67(40-48)39-43-14-11-10-12-15-43)35-47-32-50(24-19-44(47)8-2)76(73,74)65-55-36-59(4,5)63-53-25-20-45(33-51(53)55)57(69)62-30-27-42-16-13-29-61-38-42/h10-26,29,32-34,38,48,55-56,63-66H,7-9,27-28,30-31,35-37,39-40H2,1-6H3,(H,62,69)/t48?,55-,56-,60?/m0/s1. The third-order valence-electron chi connectivity index (χ3n) is 15.3. The van der Waals surface area contributed by atoms with Crippen LogP contribution in [0.25, 0.3) is 0 Å². The normalized spacial score (nSPS) is 20.2. The van der Waals surface area contributed by atoms with Crippen LogP contribution in [0, 0.1) is 0 Å². The molecule has 5 aromatic carbocycles. The Morgan fingerprint density at radius 3 is 2.04 bits per heavy atom. The summed E-state index contributed by atoms with van der Waals surface area (Å²) in [6.07, 6.45) is 7.42. The number of pyridine rings is 1. The van der Waals surface area contributed by atoms with Crippen LogP contribution in [-0.2, 0) is 52.3 Å². The summed E-state index contributed by atoms with van der Waals surface area (Å²) in [5, 5.41) is 10.3. The first-order chi connectivity index (χ1) is 36.3. The summed E-state index contributed by atoms with van der Waals surface area (Å²) in [5.41, 5.74) is 7.46. The van der Waals surface area contributed by atoms with Gasteiger partial charge in [0.25, 0.3) is 11.8 Å². The number of anilines is 2. The number of hydrogen-bond donors (Lipinski definition) is 5. The van der Waals surface area contributed by atoms with Crippen molar-refractivity contribution >= 4 is 43.2 Å². The highest BCUT2D eigenvalue weighted by atomic mass is 32.2. The molecule has 3 aliphatic rings. The van der Waals surface area contributed by atoms with Crippen molar-refractivity contribution in [1.29, 1.82) is 0 Å². The summed E-state index contributed by atoms with van der Waals surface area (Å²) in [5.74, 6) is -0.356. The molecule has 0 aliphatic carbocycles. The highest BCUT2D eigenvalue weighted by Crippen LogP contribution is 2.43. The van der Waals surface area contributed by atoms with Gasteiger partial charge in [-0.05, 0) is 178 Å². The van der Waals surface area contributed by atoms with E-state index in [1.807, 2.05) is 119 Å². The van der Waals surface area contributed by atoms with Gasteiger partial charge in [-0.25, -0.2) is 26.3 Å². The number of carbonyl (C=O) groups is 2. The molecule has 6 aromatic rings. The van der Waals surface area contributed by atoms with Crippen molar-refractivity contribution in [3.8, 4) is 0 Å². The van der Waals surface area contributed by atoms with E-state index in [1.165, 1.54) is 5.56 Å². The number of hydrogen-bond acceptors (Lipinski definition) is 10. The van der Waals surface area contributed by atoms with E-state index < -0.39 is 43.2 Å². The predicted molar refractivity (Wildman–Crippen MR) is 300 cm³/mol. The summed E-state index contributed by atoms with van der Waals surface area (Å²) in [6, 6.07) is 35.9. The molecule has 4 atom stereocenters. The Morgan fingerprint density at radius 2 is 1.36 bits per heavy atom. The van der Waals surface area contributed by atoms with Crippen molar-refractivity contribution in [3.63, 3.8) is 0 Å². The SMILES string of the molecule is CCc1ccc(S(=O)(=O)N[C@H]2CC(C)(Cc3cc(S(=O)(=O)N[C@H]4CC(C)(C)Nc5ccc(C(=O)NCCc6cccnc6)cc54)ccc3CC)Nc3ccc(C(=O)N(CC)C4CCN(Cc5ccccc5)C4)cc32)cc1. The van der Waals surface area contributed by atoms with Gasteiger partial charge in [-0.1, -0.05) is 68.4 Å². The smallest absolute Gasteiger partial charge is 0.254 e. The van der Waals surface area contributed by atoms with Crippen molar-refractivity contribution in [2.45, 2.75) is 132 Å². The van der Waals surface area contributed by atoms with Gasteiger partial charge >= 0.3 is 0 Å². The maximum Gasteiger partial charge on any atom is 0.254 e. The molecular formula is C60H72N8O6S2. The van der Waals surface area contributed by atoms with E-state index in [9.17, 15) is 26.4 Å². The van der Waals surface area contributed by atoms with Crippen LogP contribution in [0.1, 0.15) is 133 Å². The molecule has 0 bridgehead atoms. The van der Waals surface area contributed by atoms with Gasteiger partial charge in [-0.15, -0.1) is 0 Å². The van der Waals surface area contributed by atoms with E-state index in [0.717, 1.165) is 60.4 Å². The molecule has 5 N–H and O–H groups in total. The first-order valence-electron chi connectivity index (χ1n) is 26.7. The number of nitrogens with zero attached hydrogens (tertiary/aromatic N) is 3. The molecule has 1 fully saturated rings. The Balaban J connectivity index is 0.974. The molecule has 76 heavy (non-hydrogen) atoms. The molecule has 9 rings (SSSR count). The number of likely N-dealkylation sites (tertiary alicyclic amines) is 1. The van der Waals surface area contributed by atoms with Gasteiger partial charge in [0.15, 0.2) is 0 Å². The van der Waals surface area contributed by atoms with Crippen molar-refractivity contribution in [1.82, 2.24) is 29.5 Å². The van der Waals surface area contributed by atoms with E-state index in [4.69, 9.17) is 0 Å². The molecule has 2 unspecified atom stereocenters. The number of amides is 2. The molecule has 16 heteroatoms. The fourth-order valence-corrected chi connectivity index (χ4v) is 13.9. The van der Waals surface area contributed by atoms with Gasteiger partial charge in [-0.3, -0.25) is 19.5 Å². The second kappa shape index (κ2) is 22.6. The monoisotopic (exact) mass is 1060 g/mol. The average Bonchev–Trinajstić information content (AvgIpc) is 3.87. The fraction of sp³-hybridized carbons (Fsp3) is 0.383. The van der Waals surface area contributed by atoms with Crippen LogP contribution in [0.5, 0.6) is 0 Å². The van der Waals surface area contributed by atoms with Crippen LogP contribution >= 0.6 is 0 Å². The second-order valence-corrected chi connectivity index (χ2v) is 25.1. The molecule has 0 radical (unpaired) electrons. The topological polar surface area (TPSA) is 182 Å². The van der Waals surface area contributed by atoms with Gasteiger partial charge in [0.1, 0.15) is 0 Å². The molecular weight excluding hydrogens is 993 g/mol. The van der Waals surface area contributed by atoms with Crippen LogP contribution in [0.4, 0.5) is 11.4 Å². The maximum atomic E-state index is 14.7. The van der Waals surface area contributed by atoms with Gasteiger partial charge < -0.3 is 20.9 Å². The maximum absolute atomic E-state index is 14.7. The largest absolute Gasteiger partial charge is 0.380 e. The number of nitrogens with one attached hydrogen (secondary N) is 5. The zero-order valence-corrected chi connectivity index (χ0v) is 46.2. The fourth-order valence-electron chi connectivity index (χ4n) is 11.4. The minimum atomic E-state index is -4.14. The second-order valence-electron chi connectivity index (χ2n) is 21.6. The van der Waals surface area contributed by atoms with E-state index in [2.05, 4.69) is 47.4 Å². The molecule has 1 aromatic heterocycles. The lowest BCUT2D eigenvalue weighted by Crippen LogP contribution is -2.47. The summed E-state index contributed by atoms with van der Waals surface area (Å²) in [4.78, 5) is 36.7. The molecule has 2 amide bonds. The molecule has 3 aliphatic heterocycles. The van der Waals surface area contributed by atoms with Crippen molar-refractivity contribution in [2.24, 2.45) is 0 Å².